The first-order chi connectivity index (χ1) is 11.4. The number of benzene rings is 1. The smallest absolute Gasteiger partial charge is 0.339 e. The molecule has 0 fully saturated rings. The first-order valence-electron chi connectivity index (χ1n) is 7.52. The molecule has 6 nitrogen and oxygen atoms in total. The van der Waals surface area contributed by atoms with Crippen LogP contribution in [-0.2, 0) is 4.74 Å². The molecule has 0 amide bonds. The molecule has 0 saturated carbocycles. The second-order valence-electron chi connectivity index (χ2n) is 5.39. The van der Waals surface area contributed by atoms with E-state index in [1.807, 2.05) is 6.07 Å². The minimum Gasteiger partial charge on any atom is -0.493 e. The predicted molar refractivity (Wildman–Crippen MR) is 89.0 cm³/mol. The van der Waals surface area contributed by atoms with Crippen molar-refractivity contribution in [2.45, 2.75) is 26.9 Å². The van der Waals surface area contributed by atoms with E-state index in [4.69, 9.17) is 14.2 Å². The van der Waals surface area contributed by atoms with E-state index in [2.05, 4.69) is 4.98 Å². The molecule has 1 N–H and O–H groups in total. The van der Waals surface area contributed by atoms with Crippen LogP contribution in [0.1, 0.15) is 39.0 Å². The summed E-state index contributed by atoms with van der Waals surface area (Å²) in [5, 5.41) is 0. The van der Waals surface area contributed by atoms with Gasteiger partial charge in [-0.05, 0) is 38.5 Å². The molecule has 24 heavy (non-hydrogen) atoms. The molecule has 128 valence electrons. The number of H-pyrrole nitrogens is 1. The van der Waals surface area contributed by atoms with E-state index in [0.29, 0.717) is 34.0 Å². The Hall–Kier alpha value is -2.76. The molecule has 0 aliphatic rings. The van der Waals surface area contributed by atoms with Crippen molar-refractivity contribution in [2.24, 2.45) is 0 Å². The second kappa shape index (κ2) is 7.21. The van der Waals surface area contributed by atoms with Gasteiger partial charge in [0.25, 0.3) is 0 Å². The Labute approximate surface area is 140 Å². The van der Waals surface area contributed by atoms with Gasteiger partial charge >= 0.3 is 5.97 Å². The topological polar surface area (TPSA) is 77.6 Å². The Morgan fingerprint density at radius 2 is 1.71 bits per heavy atom. The number of hydrogen-bond donors (Lipinski definition) is 1. The van der Waals surface area contributed by atoms with E-state index < -0.39 is 12.1 Å². The molecule has 1 aromatic carbocycles. The molecule has 6 heteroatoms. The fraction of sp³-hybridized carbons (Fsp3) is 0.333. The molecule has 0 unspecified atom stereocenters. The van der Waals surface area contributed by atoms with E-state index in [0.717, 1.165) is 0 Å². The number of ketones is 1. The Morgan fingerprint density at radius 1 is 1.08 bits per heavy atom. The van der Waals surface area contributed by atoms with E-state index in [1.165, 1.54) is 14.2 Å². The van der Waals surface area contributed by atoms with Crippen LogP contribution in [0.15, 0.2) is 24.3 Å². The van der Waals surface area contributed by atoms with Gasteiger partial charge < -0.3 is 19.2 Å². The Bertz CT molecular complexity index is 763. The zero-order chi connectivity index (χ0) is 17.9. The maximum atomic E-state index is 12.7. The molecule has 0 saturated heterocycles. The summed E-state index contributed by atoms with van der Waals surface area (Å²) in [6.45, 7) is 5.09. The number of ether oxygens (including phenoxy) is 3. The van der Waals surface area contributed by atoms with Crippen molar-refractivity contribution in [1.29, 1.82) is 0 Å². The van der Waals surface area contributed by atoms with Crippen LogP contribution in [0.3, 0.4) is 0 Å². The number of nitrogens with one attached hydrogen (secondary N) is 1. The number of esters is 1. The average Bonchev–Trinajstić information content (AvgIpc) is 2.88. The lowest BCUT2D eigenvalue weighted by Crippen LogP contribution is -2.25. The molecule has 0 radical (unpaired) electrons. The van der Waals surface area contributed by atoms with Crippen LogP contribution in [0.2, 0.25) is 0 Å². The van der Waals surface area contributed by atoms with Gasteiger partial charge in [-0.15, -0.1) is 0 Å². The lowest BCUT2D eigenvalue weighted by Gasteiger charge is -2.15. The van der Waals surface area contributed by atoms with Gasteiger partial charge in [0.05, 0.1) is 25.5 Å². The molecule has 0 spiro atoms. The van der Waals surface area contributed by atoms with Crippen molar-refractivity contribution < 1.29 is 23.8 Å². The molecule has 1 aromatic heterocycles. The van der Waals surface area contributed by atoms with Crippen molar-refractivity contribution in [2.75, 3.05) is 14.2 Å². The summed E-state index contributed by atoms with van der Waals surface area (Å²) in [7, 11) is 2.85. The Morgan fingerprint density at radius 3 is 2.29 bits per heavy atom. The number of carbonyl (C=O) groups is 2. The summed E-state index contributed by atoms with van der Waals surface area (Å²) in [4.78, 5) is 27.5. The number of carbonyl (C=O) groups excluding carboxylic acids is 2. The van der Waals surface area contributed by atoms with Crippen LogP contribution in [0, 0.1) is 13.8 Å². The highest BCUT2D eigenvalue weighted by Gasteiger charge is 2.26. The molecule has 0 bridgehead atoms. The fourth-order valence-electron chi connectivity index (χ4n) is 2.57. The minimum atomic E-state index is -0.747. The molecule has 2 rings (SSSR count). The number of rotatable bonds is 6. The summed E-state index contributed by atoms with van der Waals surface area (Å²) >= 11 is 0. The molecule has 1 heterocycles. The van der Waals surface area contributed by atoms with Crippen LogP contribution in [-0.4, -0.2) is 37.1 Å². The number of aromatic amines is 1. The van der Waals surface area contributed by atoms with Crippen molar-refractivity contribution in [3.63, 3.8) is 0 Å². The fourth-order valence-corrected chi connectivity index (χ4v) is 2.57. The number of aromatic nitrogens is 1. The monoisotopic (exact) mass is 331 g/mol. The van der Waals surface area contributed by atoms with Gasteiger partial charge in [-0.3, -0.25) is 4.79 Å². The third-order valence-electron chi connectivity index (χ3n) is 3.82. The van der Waals surface area contributed by atoms with Crippen LogP contribution in [0.25, 0.3) is 0 Å². The molecule has 2 aromatic rings. The first-order valence-corrected chi connectivity index (χ1v) is 7.52. The van der Waals surface area contributed by atoms with Gasteiger partial charge in [0.2, 0.25) is 5.78 Å². The number of methoxy groups -OCH3 is 2. The van der Waals surface area contributed by atoms with Gasteiger partial charge in [-0.1, -0.05) is 12.1 Å². The molecular formula is C18H21NO5. The maximum Gasteiger partial charge on any atom is 0.339 e. The summed E-state index contributed by atoms with van der Waals surface area (Å²) < 4.78 is 15.7. The van der Waals surface area contributed by atoms with Crippen LogP contribution < -0.4 is 9.47 Å². The van der Waals surface area contributed by atoms with E-state index in [-0.39, 0.29) is 5.78 Å². The highest BCUT2D eigenvalue weighted by Crippen LogP contribution is 2.28. The van der Waals surface area contributed by atoms with E-state index >= 15 is 0 Å². The normalized spacial score (nSPS) is 11.7. The third kappa shape index (κ3) is 3.27. The summed E-state index contributed by atoms with van der Waals surface area (Å²) in [6, 6.07) is 7.11. The number of para-hydroxylation sites is 2. The van der Waals surface area contributed by atoms with Gasteiger partial charge in [0.1, 0.15) is 0 Å². The quantitative estimate of drug-likeness (QED) is 0.650. The lowest BCUT2D eigenvalue weighted by atomic mass is 10.1. The molecular weight excluding hydrogens is 310 g/mol. The van der Waals surface area contributed by atoms with Crippen LogP contribution in [0.4, 0.5) is 0 Å². The van der Waals surface area contributed by atoms with Gasteiger partial charge in [-0.25, -0.2) is 4.79 Å². The molecule has 1 atom stereocenters. The van der Waals surface area contributed by atoms with Crippen LogP contribution >= 0.6 is 0 Å². The maximum absolute atomic E-state index is 12.7. The SMILES string of the molecule is COC(=O)c1c(C)[nH]c(C(=O)[C@H](C)Oc2ccccc2OC)c1C. The van der Waals surface area contributed by atoms with Gasteiger partial charge in [0, 0.05) is 5.69 Å². The van der Waals surface area contributed by atoms with Gasteiger partial charge in [-0.2, -0.15) is 0 Å². The van der Waals surface area contributed by atoms with Crippen molar-refractivity contribution in [3.8, 4) is 11.5 Å². The molecule has 0 aliphatic carbocycles. The zero-order valence-electron chi connectivity index (χ0n) is 14.4. The Balaban J connectivity index is 2.27. The van der Waals surface area contributed by atoms with Gasteiger partial charge in [0.15, 0.2) is 17.6 Å². The highest BCUT2D eigenvalue weighted by atomic mass is 16.5. The highest BCUT2D eigenvalue weighted by molar-refractivity contribution is 6.03. The summed E-state index contributed by atoms with van der Waals surface area (Å²) in [5.74, 6) is 0.303. The number of Topliss-reactive ketones (excluding diaryl/α,β-unsaturated/α-hetero) is 1. The number of hydrogen-bond acceptors (Lipinski definition) is 5. The van der Waals surface area contributed by atoms with E-state index in [1.54, 1.807) is 39.0 Å². The third-order valence-corrected chi connectivity index (χ3v) is 3.82. The predicted octanol–water partition coefficient (Wildman–Crippen LogP) is 3.08. The minimum absolute atomic E-state index is 0.253. The standard InChI is InChI=1S/C18H21NO5/c1-10-15(18(21)23-5)11(2)19-16(10)17(20)12(3)24-14-9-7-6-8-13(14)22-4/h6-9,12,19H,1-5H3/t12-/m0/s1. The largest absolute Gasteiger partial charge is 0.493 e. The summed E-state index contributed by atoms with van der Waals surface area (Å²) in [5.41, 5.74) is 1.87. The first kappa shape index (κ1) is 17.6. The van der Waals surface area contributed by atoms with Crippen LogP contribution in [0.5, 0.6) is 11.5 Å². The molecule has 0 aliphatic heterocycles. The average molecular weight is 331 g/mol. The lowest BCUT2D eigenvalue weighted by molar-refractivity contribution is 0.0599. The van der Waals surface area contributed by atoms with Crippen molar-refractivity contribution >= 4 is 11.8 Å². The van der Waals surface area contributed by atoms with E-state index in [9.17, 15) is 9.59 Å². The second-order valence-corrected chi connectivity index (χ2v) is 5.39. The van der Waals surface area contributed by atoms with Crippen molar-refractivity contribution in [3.05, 3.63) is 46.8 Å². The zero-order valence-corrected chi connectivity index (χ0v) is 14.4. The van der Waals surface area contributed by atoms with Crippen molar-refractivity contribution in [1.82, 2.24) is 4.98 Å². The summed E-state index contributed by atoms with van der Waals surface area (Å²) in [6.07, 6.45) is -0.747. The Kier molecular flexibility index (Phi) is 5.28. The number of aryl methyl sites for hydroxylation is 1.